The van der Waals surface area contributed by atoms with E-state index in [1.165, 1.54) is 0 Å². The molecule has 0 aromatic heterocycles. The number of fused-ring (bicyclic) bond motifs is 1. The first-order valence-corrected chi connectivity index (χ1v) is 5.37. The molecule has 0 atom stereocenters. The van der Waals surface area contributed by atoms with E-state index in [1.54, 1.807) is 20.3 Å². The molecule has 80 valence electrons. The lowest BCUT2D eigenvalue weighted by Gasteiger charge is -2.11. The lowest BCUT2D eigenvalue weighted by Crippen LogP contribution is -2.01. The Kier molecular flexibility index (Phi) is 2.72. The van der Waals surface area contributed by atoms with Crippen LogP contribution < -0.4 is 9.47 Å². The van der Waals surface area contributed by atoms with Crippen molar-refractivity contribution in [1.29, 1.82) is 0 Å². The average molecular weight is 320 g/mol. The lowest BCUT2D eigenvalue weighted by molar-refractivity contribution is 0.0534. The van der Waals surface area contributed by atoms with Gasteiger partial charge in [0, 0.05) is 5.56 Å². The number of carbonyl (C=O) groups excluding carboxylic acids is 1. The van der Waals surface area contributed by atoms with Crippen LogP contribution in [0.25, 0.3) is 0 Å². The molecule has 1 aromatic carbocycles. The molecular weight excluding hydrogens is 311 g/mol. The summed E-state index contributed by atoms with van der Waals surface area (Å²) in [4.78, 5) is 11.4. The fraction of sp³-hybridized carbons (Fsp3) is 0.300. The van der Waals surface area contributed by atoms with Crippen LogP contribution in [0.1, 0.15) is 15.9 Å². The molecule has 0 bridgehead atoms. The van der Waals surface area contributed by atoms with Gasteiger partial charge in [0.05, 0.1) is 23.4 Å². The number of cyclic esters (lactones) is 1. The first kappa shape index (κ1) is 10.5. The number of halogens is 1. The lowest BCUT2D eigenvalue weighted by atomic mass is 10.1. The quantitative estimate of drug-likeness (QED) is 0.617. The Labute approximate surface area is 101 Å². The molecule has 1 aliphatic heterocycles. The zero-order valence-corrected chi connectivity index (χ0v) is 10.5. The monoisotopic (exact) mass is 320 g/mol. The van der Waals surface area contributed by atoms with Gasteiger partial charge in [-0.3, -0.25) is 0 Å². The van der Waals surface area contributed by atoms with Crippen molar-refractivity contribution in [2.45, 2.75) is 6.61 Å². The van der Waals surface area contributed by atoms with Gasteiger partial charge in [0.2, 0.25) is 0 Å². The van der Waals surface area contributed by atoms with E-state index >= 15 is 0 Å². The van der Waals surface area contributed by atoms with Crippen LogP contribution in [0.3, 0.4) is 0 Å². The van der Waals surface area contributed by atoms with Crippen molar-refractivity contribution in [3.05, 3.63) is 20.8 Å². The Morgan fingerprint density at radius 3 is 2.73 bits per heavy atom. The first-order chi connectivity index (χ1) is 7.19. The van der Waals surface area contributed by atoms with Crippen molar-refractivity contribution in [3.8, 4) is 11.5 Å². The van der Waals surface area contributed by atoms with E-state index in [0.29, 0.717) is 23.7 Å². The predicted molar refractivity (Wildman–Crippen MR) is 61.4 cm³/mol. The van der Waals surface area contributed by atoms with Gasteiger partial charge in [-0.05, 0) is 28.7 Å². The number of ether oxygens (including phenoxy) is 3. The zero-order chi connectivity index (χ0) is 11.0. The van der Waals surface area contributed by atoms with Gasteiger partial charge in [-0.15, -0.1) is 0 Å². The van der Waals surface area contributed by atoms with Gasteiger partial charge in [-0.2, -0.15) is 0 Å². The maximum atomic E-state index is 11.4. The van der Waals surface area contributed by atoms with Gasteiger partial charge in [-0.25, -0.2) is 4.79 Å². The third kappa shape index (κ3) is 1.54. The summed E-state index contributed by atoms with van der Waals surface area (Å²) < 4.78 is 16.1. The second kappa shape index (κ2) is 3.88. The molecule has 0 saturated carbocycles. The molecule has 0 unspecified atom stereocenters. The minimum atomic E-state index is -0.296. The van der Waals surface area contributed by atoms with Crippen LogP contribution in [0.5, 0.6) is 11.5 Å². The van der Waals surface area contributed by atoms with Gasteiger partial charge < -0.3 is 14.2 Å². The van der Waals surface area contributed by atoms with Crippen molar-refractivity contribution >= 4 is 28.6 Å². The topological polar surface area (TPSA) is 44.8 Å². The Bertz CT molecular complexity index is 428. The highest BCUT2D eigenvalue weighted by Crippen LogP contribution is 2.39. The van der Waals surface area contributed by atoms with Crippen molar-refractivity contribution in [3.63, 3.8) is 0 Å². The second-order valence-electron chi connectivity index (χ2n) is 3.04. The van der Waals surface area contributed by atoms with Crippen molar-refractivity contribution in [2.24, 2.45) is 0 Å². The molecule has 0 fully saturated rings. The Morgan fingerprint density at radius 2 is 2.13 bits per heavy atom. The molecule has 5 heteroatoms. The third-order valence-electron chi connectivity index (χ3n) is 2.26. The Balaban J connectivity index is 2.67. The minimum absolute atomic E-state index is 0.296. The summed E-state index contributed by atoms with van der Waals surface area (Å²) in [6.45, 7) is 0.310. The summed E-state index contributed by atoms with van der Waals surface area (Å²) in [5, 5.41) is 0. The summed E-state index contributed by atoms with van der Waals surface area (Å²) in [7, 11) is 3.12. The zero-order valence-electron chi connectivity index (χ0n) is 8.30. The predicted octanol–water partition coefficient (Wildman–Crippen LogP) is 1.98. The fourth-order valence-corrected chi connectivity index (χ4v) is 2.60. The smallest absolute Gasteiger partial charge is 0.340 e. The second-order valence-corrected chi connectivity index (χ2v) is 4.12. The van der Waals surface area contributed by atoms with Crippen LogP contribution in [-0.4, -0.2) is 20.2 Å². The third-order valence-corrected chi connectivity index (χ3v) is 3.29. The molecule has 1 aromatic rings. The van der Waals surface area contributed by atoms with E-state index in [4.69, 9.17) is 14.2 Å². The van der Waals surface area contributed by atoms with E-state index < -0.39 is 0 Å². The molecule has 0 N–H and O–H groups in total. The largest absolute Gasteiger partial charge is 0.493 e. The summed E-state index contributed by atoms with van der Waals surface area (Å²) in [5.41, 5.74) is 1.44. The highest BCUT2D eigenvalue weighted by molar-refractivity contribution is 14.1. The van der Waals surface area contributed by atoms with Crippen molar-refractivity contribution < 1.29 is 19.0 Å². The molecule has 0 radical (unpaired) electrons. The molecule has 1 aliphatic rings. The molecular formula is C10H9IO4. The van der Waals surface area contributed by atoms with Crippen LogP contribution >= 0.6 is 22.6 Å². The molecule has 1 heterocycles. The van der Waals surface area contributed by atoms with Crippen LogP contribution in [0.2, 0.25) is 0 Å². The van der Waals surface area contributed by atoms with E-state index in [0.717, 1.165) is 9.13 Å². The molecule has 0 saturated heterocycles. The number of esters is 1. The van der Waals surface area contributed by atoms with Crippen LogP contribution in [0.15, 0.2) is 6.07 Å². The first-order valence-electron chi connectivity index (χ1n) is 4.29. The van der Waals surface area contributed by atoms with Crippen LogP contribution in [-0.2, 0) is 11.3 Å². The molecule has 15 heavy (non-hydrogen) atoms. The Morgan fingerprint density at radius 1 is 1.40 bits per heavy atom. The highest BCUT2D eigenvalue weighted by Gasteiger charge is 2.28. The molecule has 0 amide bonds. The van der Waals surface area contributed by atoms with E-state index in [1.807, 2.05) is 0 Å². The summed E-state index contributed by atoms with van der Waals surface area (Å²) in [6.07, 6.45) is 0. The number of hydrogen-bond donors (Lipinski definition) is 0. The highest BCUT2D eigenvalue weighted by atomic mass is 127. The summed E-state index contributed by atoms with van der Waals surface area (Å²) >= 11 is 2.06. The Hall–Kier alpha value is -0.980. The maximum Gasteiger partial charge on any atom is 0.340 e. The number of methoxy groups -OCH3 is 2. The average Bonchev–Trinajstić information content (AvgIpc) is 2.60. The van der Waals surface area contributed by atoms with Gasteiger partial charge in [0.25, 0.3) is 0 Å². The molecule has 0 aliphatic carbocycles. The van der Waals surface area contributed by atoms with Gasteiger partial charge >= 0.3 is 5.97 Å². The fourth-order valence-electron chi connectivity index (χ4n) is 1.55. The number of benzene rings is 1. The number of carbonyl (C=O) groups is 1. The van der Waals surface area contributed by atoms with E-state index in [9.17, 15) is 4.79 Å². The minimum Gasteiger partial charge on any atom is -0.493 e. The van der Waals surface area contributed by atoms with Crippen molar-refractivity contribution in [1.82, 2.24) is 0 Å². The van der Waals surface area contributed by atoms with Gasteiger partial charge in [0.15, 0.2) is 11.5 Å². The maximum absolute atomic E-state index is 11.4. The standard InChI is InChI=1S/C10H9IO4/c1-13-6-3-5-4-15-10(12)7(5)8(11)9(6)14-2/h3H,4H2,1-2H3. The van der Waals surface area contributed by atoms with Crippen LogP contribution in [0.4, 0.5) is 0 Å². The van der Waals surface area contributed by atoms with E-state index in [2.05, 4.69) is 22.6 Å². The van der Waals surface area contributed by atoms with Gasteiger partial charge in [-0.1, -0.05) is 0 Å². The SMILES string of the molecule is COc1cc2c(c(I)c1OC)C(=O)OC2. The number of hydrogen-bond acceptors (Lipinski definition) is 4. The molecule has 2 rings (SSSR count). The molecule has 4 nitrogen and oxygen atoms in total. The molecule has 0 spiro atoms. The van der Waals surface area contributed by atoms with Gasteiger partial charge in [0.1, 0.15) is 6.61 Å². The van der Waals surface area contributed by atoms with Crippen molar-refractivity contribution in [2.75, 3.05) is 14.2 Å². The summed E-state index contributed by atoms with van der Waals surface area (Å²) in [5.74, 6) is 0.907. The number of rotatable bonds is 2. The van der Waals surface area contributed by atoms with E-state index in [-0.39, 0.29) is 5.97 Å². The normalized spacial score (nSPS) is 13.4. The summed E-state index contributed by atoms with van der Waals surface area (Å²) in [6, 6.07) is 1.78. The van der Waals surface area contributed by atoms with Crippen LogP contribution in [0, 0.1) is 3.57 Å².